The predicted molar refractivity (Wildman–Crippen MR) is 90.0 cm³/mol. The number of rotatable bonds is 7. The van der Waals surface area contributed by atoms with Gasteiger partial charge in [-0.05, 0) is 30.4 Å². The van der Waals surface area contributed by atoms with Crippen molar-refractivity contribution in [3.63, 3.8) is 0 Å². The van der Waals surface area contributed by atoms with Crippen molar-refractivity contribution in [2.45, 2.75) is 44.0 Å². The predicted octanol–water partition coefficient (Wildman–Crippen LogP) is 2.51. The maximum absolute atomic E-state index is 12.0. The van der Waals surface area contributed by atoms with Gasteiger partial charge in [0.15, 0.2) is 0 Å². The van der Waals surface area contributed by atoms with Crippen LogP contribution in [0.4, 0.5) is 0 Å². The van der Waals surface area contributed by atoms with E-state index in [1.165, 1.54) is 9.80 Å². The lowest BCUT2D eigenvalue weighted by molar-refractivity contribution is -0.138. The van der Waals surface area contributed by atoms with E-state index in [2.05, 4.69) is 12.2 Å². The Morgan fingerprint density at radius 2 is 1.83 bits per heavy atom. The SMILES string of the molecule is CCSc1ccc([C@H](C)NC(=O)CCN2C(=O)CCC2=O)cc1. The molecule has 0 saturated carbocycles. The number of carbonyl (C=O) groups is 3. The molecule has 1 aromatic rings. The second kappa shape index (κ2) is 8.15. The van der Waals surface area contributed by atoms with E-state index >= 15 is 0 Å². The summed E-state index contributed by atoms with van der Waals surface area (Å²) >= 11 is 1.78. The fourth-order valence-electron chi connectivity index (χ4n) is 2.50. The quantitative estimate of drug-likeness (QED) is 0.615. The monoisotopic (exact) mass is 334 g/mol. The number of benzene rings is 1. The highest BCUT2D eigenvalue weighted by Gasteiger charge is 2.28. The van der Waals surface area contributed by atoms with Crippen LogP contribution < -0.4 is 5.32 Å². The molecule has 6 heteroatoms. The number of nitrogens with one attached hydrogen (secondary N) is 1. The number of thioether (sulfide) groups is 1. The molecule has 0 radical (unpaired) electrons. The van der Waals surface area contributed by atoms with E-state index in [1.54, 1.807) is 11.8 Å². The molecule has 0 bridgehead atoms. The van der Waals surface area contributed by atoms with Gasteiger partial charge in [0, 0.05) is 30.7 Å². The van der Waals surface area contributed by atoms with Gasteiger partial charge in [-0.3, -0.25) is 19.3 Å². The number of likely N-dealkylation sites (tertiary alicyclic amines) is 1. The molecule has 3 amide bonds. The molecule has 1 atom stereocenters. The molecule has 0 aromatic heterocycles. The normalized spacial score (nSPS) is 15.8. The van der Waals surface area contributed by atoms with E-state index < -0.39 is 0 Å². The molecule has 1 saturated heterocycles. The molecule has 2 rings (SSSR count). The molecular formula is C17H22N2O3S. The Labute approximate surface area is 140 Å². The van der Waals surface area contributed by atoms with Gasteiger partial charge in [0.05, 0.1) is 6.04 Å². The van der Waals surface area contributed by atoms with Gasteiger partial charge in [-0.2, -0.15) is 0 Å². The summed E-state index contributed by atoms with van der Waals surface area (Å²) in [5.41, 5.74) is 1.03. The van der Waals surface area contributed by atoms with Crippen LogP contribution in [0.25, 0.3) is 0 Å². The first-order chi connectivity index (χ1) is 11.0. The van der Waals surface area contributed by atoms with Crippen LogP contribution in [0.5, 0.6) is 0 Å². The summed E-state index contributed by atoms with van der Waals surface area (Å²) in [6, 6.07) is 8.02. The summed E-state index contributed by atoms with van der Waals surface area (Å²) in [5.74, 6) is 0.510. The molecule has 1 aliphatic heterocycles. The van der Waals surface area contributed by atoms with Gasteiger partial charge in [0.1, 0.15) is 0 Å². The fraction of sp³-hybridized carbons (Fsp3) is 0.471. The molecule has 1 heterocycles. The minimum atomic E-state index is -0.181. The molecule has 0 aliphatic carbocycles. The van der Waals surface area contributed by atoms with Crippen molar-refractivity contribution in [1.29, 1.82) is 0 Å². The third kappa shape index (κ3) is 4.82. The van der Waals surface area contributed by atoms with E-state index in [1.807, 2.05) is 31.2 Å². The van der Waals surface area contributed by atoms with E-state index in [0.717, 1.165) is 11.3 Å². The molecule has 5 nitrogen and oxygen atoms in total. The lowest BCUT2D eigenvalue weighted by Gasteiger charge is -2.17. The van der Waals surface area contributed by atoms with Crippen LogP contribution in [0.3, 0.4) is 0 Å². The Balaban J connectivity index is 1.82. The Kier molecular flexibility index (Phi) is 6.21. The molecule has 1 N–H and O–H groups in total. The minimum absolute atomic E-state index is 0.104. The van der Waals surface area contributed by atoms with E-state index in [9.17, 15) is 14.4 Å². The Morgan fingerprint density at radius 3 is 2.39 bits per heavy atom. The topological polar surface area (TPSA) is 66.5 Å². The smallest absolute Gasteiger partial charge is 0.229 e. The number of hydrogen-bond acceptors (Lipinski definition) is 4. The van der Waals surface area contributed by atoms with Gasteiger partial charge >= 0.3 is 0 Å². The summed E-state index contributed by atoms with van der Waals surface area (Å²) in [4.78, 5) is 37.4. The third-order valence-corrected chi connectivity index (χ3v) is 4.68. The van der Waals surface area contributed by atoms with Crippen LogP contribution in [0.2, 0.25) is 0 Å². The second-order valence-corrected chi connectivity index (χ2v) is 6.82. The van der Waals surface area contributed by atoms with Crippen LogP contribution in [0, 0.1) is 0 Å². The van der Waals surface area contributed by atoms with Crippen LogP contribution in [0.1, 0.15) is 44.7 Å². The lowest BCUT2D eigenvalue weighted by Crippen LogP contribution is -2.34. The van der Waals surface area contributed by atoms with Crippen molar-refractivity contribution in [3.05, 3.63) is 29.8 Å². The maximum Gasteiger partial charge on any atom is 0.229 e. The van der Waals surface area contributed by atoms with E-state index in [0.29, 0.717) is 0 Å². The summed E-state index contributed by atoms with van der Waals surface area (Å²) in [5, 5.41) is 2.91. The minimum Gasteiger partial charge on any atom is -0.350 e. The fourth-order valence-corrected chi connectivity index (χ4v) is 3.16. The van der Waals surface area contributed by atoms with Crippen molar-refractivity contribution in [2.24, 2.45) is 0 Å². The zero-order chi connectivity index (χ0) is 16.8. The standard InChI is InChI=1S/C17H22N2O3S/c1-3-23-14-6-4-13(5-7-14)12(2)18-15(20)10-11-19-16(21)8-9-17(19)22/h4-7,12H,3,8-11H2,1-2H3,(H,18,20)/t12-/m0/s1. The van der Waals surface area contributed by atoms with E-state index in [-0.39, 0.29) is 49.6 Å². The summed E-state index contributed by atoms with van der Waals surface area (Å²) in [6.45, 7) is 4.20. The van der Waals surface area contributed by atoms with E-state index in [4.69, 9.17) is 0 Å². The number of imide groups is 1. The molecule has 1 fully saturated rings. The molecular weight excluding hydrogens is 312 g/mol. The van der Waals surface area contributed by atoms with Gasteiger partial charge in [-0.15, -0.1) is 11.8 Å². The molecule has 1 aliphatic rings. The van der Waals surface area contributed by atoms with Gasteiger partial charge < -0.3 is 5.32 Å². The highest BCUT2D eigenvalue weighted by molar-refractivity contribution is 7.99. The maximum atomic E-state index is 12.0. The molecule has 0 spiro atoms. The van der Waals surface area contributed by atoms with Crippen molar-refractivity contribution in [3.8, 4) is 0 Å². The number of hydrogen-bond donors (Lipinski definition) is 1. The number of nitrogens with zero attached hydrogens (tertiary/aromatic N) is 1. The van der Waals surface area contributed by atoms with Crippen molar-refractivity contribution in [2.75, 3.05) is 12.3 Å². The Bertz CT molecular complexity index is 570. The van der Waals surface area contributed by atoms with Crippen molar-refractivity contribution < 1.29 is 14.4 Å². The third-order valence-electron chi connectivity index (χ3n) is 3.79. The molecule has 124 valence electrons. The first-order valence-corrected chi connectivity index (χ1v) is 8.85. The highest BCUT2D eigenvalue weighted by atomic mass is 32.2. The number of carbonyl (C=O) groups excluding carboxylic acids is 3. The van der Waals surface area contributed by atoms with Gasteiger partial charge in [0.2, 0.25) is 17.7 Å². The van der Waals surface area contributed by atoms with Crippen LogP contribution in [-0.2, 0) is 14.4 Å². The second-order valence-electron chi connectivity index (χ2n) is 5.48. The van der Waals surface area contributed by atoms with Crippen LogP contribution in [0.15, 0.2) is 29.2 Å². The van der Waals surface area contributed by atoms with Crippen molar-refractivity contribution >= 4 is 29.5 Å². The molecule has 23 heavy (non-hydrogen) atoms. The van der Waals surface area contributed by atoms with Crippen LogP contribution >= 0.6 is 11.8 Å². The zero-order valence-electron chi connectivity index (χ0n) is 13.5. The zero-order valence-corrected chi connectivity index (χ0v) is 14.3. The van der Waals surface area contributed by atoms with Gasteiger partial charge in [-0.25, -0.2) is 0 Å². The summed E-state index contributed by atoms with van der Waals surface area (Å²) in [6.07, 6.45) is 0.670. The summed E-state index contributed by atoms with van der Waals surface area (Å²) < 4.78 is 0. The van der Waals surface area contributed by atoms with Crippen LogP contribution in [-0.4, -0.2) is 34.9 Å². The Hall–Kier alpha value is -1.82. The summed E-state index contributed by atoms with van der Waals surface area (Å²) in [7, 11) is 0. The first kappa shape index (κ1) is 17.5. The molecule has 0 unspecified atom stereocenters. The largest absolute Gasteiger partial charge is 0.350 e. The average Bonchev–Trinajstić information content (AvgIpc) is 2.85. The number of amides is 3. The first-order valence-electron chi connectivity index (χ1n) is 7.86. The van der Waals surface area contributed by atoms with Crippen molar-refractivity contribution in [1.82, 2.24) is 10.2 Å². The Morgan fingerprint density at radius 1 is 1.22 bits per heavy atom. The highest BCUT2D eigenvalue weighted by Crippen LogP contribution is 2.20. The average molecular weight is 334 g/mol. The lowest BCUT2D eigenvalue weighted by atomic mass is 10.1. The molecule has 1 aromatic carbocycles. The van der Waals surface area contributed by atoms with Gasteiger partial charge in [0.25, 0.3) is 0 Å². The van der Waals surface area contributed by atoms with Gasteiger partial charge in [-0.1, -0.05) is 19.1 Å².